The van der Waals surface area contributed by atoms with E-state index in [2.05, 4.69) is 0 Å². The molecule has 2 fully saturated rings. The van der Waals surface area contributed by atoms with Crippen LogP contribution in [0.1, 0.15) is 24.0 Å². The summed E-state index contributed by atoms with van der Waals surface area (Å²) in [7, 11) is 1.49. The summed E-state index contributed by atoms with van der Waals surface area (Å²) in [6.07, 6.45) is 3.68. The highest BCUT2D eigenvalue weighted by atomic mass is 35.5. The number of hydrogen-bond donors (Lipinski definition) is 0. The SMILES string of the molecule is COc1cc(/C=C2\SC(=S)N(C[C@H]3CCCO3)C2=O)cc(Cl)c1OCc1ccccc1F. The van der Waals surface area contributed by atoms with E-state index in [1.807, 2.05) is 0 Å². The topological polar surface area (TPSA) is 48.0 Å². The van der Waals surface area contributed by atoms with Crippen LogP contribution in [-0.4, -0.2) is 41.5 Å². The zero-order valence-corrected chi connectivity index (χ0v) is 19.7. The van der Waals surface area contributed by atoms with Crippen molar-refractivity contribution < 1.29 is 23.4 Å². The van der Waals surface area contributed by atoms with E-state index in [0.29, 0.717) is 43.4 Å². The van der Waals surface area contributed by atoms with Crippen LogP contribution in [0.4, 0.5) is 4.39 Å². The van der Waals surface area contributed by atoms with E-state index < -0.39 is 0 Å². The second kappa shape index (κ2) is 10.2. The fourth-order valence-electron chi connectivity index (χ4n) is 3.53. The third-order valence-corrected chi connectivity index (χ3v) is 6.82. The van der Waals surface area contributed by atoms with Gasteiger partial charge in [-0.3, -0.25) is 9.69 Å². The van der Waals surface area contributed by atoms with Gasteiger partial charge in [-0.25, -0.2) is 4.39 Å². The summed E-state index contributed by atoms with van der Waals surface area (Å²) in [4.78, 5) is 15.0. The first-order chi connectivity index (χ1) is 15.5. The van der Waals surface area contributed by atoms with Crippen molar-refractivity contribution >= 4 is 51.9 Å². The van der Waals surface area contributed by atoms with Crippen molar-refractivity contribution in [2.24, 2.45) is 0 Å². The van der Waals surface area contributed by atoms with Gasteiger partial charge >= 0.3 is 0 Å². The Morgan fingerprint density at radius 2 is 2.19 bits per heavy atom. The summed E-state index contributed by atoms with van der Waals surface area (Å²) < 4.78 is 31.2. The zero-order valence-electron chi connectivity index (χ0n) is 17.3. The van der Waals surface area contributed by atoms with Crippen LogP contribution in [-0.2, 0) is 16.1 Å². The third-order valence-electron chi connectivity index (χ3n) is 5.16. The van der Waals surface area contributed by atoms with Gasteiger partial charge in [0.25, 0.3) is 5.91 Å². The van der Waals surface area contributed by atoms with Crippen molar-refractivity contribution in [1.82, 2.24) is 4.90 Å². The molecule has 5 nitrogen and oxygen atoms in total. The van der Waals surface area contributed by atoms with Crippen LogP contribution in [0.2, 0.25) is 5.02 Å². The highest BCUT2D eigenvalue weighted by Crippen LogP contribution is 2.39. The molecule has 2 saturated heterocycles. The third kappa shape index (κ3) is 5.09. The number of benzene rings is 2. The Morgan fingerprint density at radius 1 is 1.38 bits per heavy atom. The number of halogens is 2. The highest BCUT2D eigenvalue weighted by molar-refractivity contribution is 8.26. The lowest BCUT2D eigenvalue weighted by atomic mass is 10.1. The average molecular weight is 494 g/mol. The number of nitrogens with zero attached hydrogens (tertiary/aromatic N) is 1. The van der Waals surface area contributed by atoms with Crippen LogP contribution in [0, 0.1) is 5.82 Å². The van der Waals surface area contributed by atoms with Crippen molar-refractivity contribution in [3.8, 4) is 11.5 Å². The van der Waals surface area contributed by atoms with E-state index in [-0.39, 0.29) is 24.4 Å². The smallest absolute Gasteiger partial charge is 0.266 e. The van der Waals surface area contributed by atoms with Crippen molar-refractivity contribution in [3.05, 3.63) is 63.3 Å². The van der Waals surface area contributed by atoms with Crippen molar-refractivity contribution in [3.63, 3.8) is 0 Å². The van der Waals surface area contributed by atoms with Crippen LogP contribution < -0.4 is 9.47 Å². The van der Waals surface area contributed by atoms with Gasteiger partial charge in [-0.05, 0) is 42.7 Å². The maximum absolute atomic E-state index is 13.9. The summed E-state index contributed by atoms with van der Waals surface area (Å²) in [6.45, 7) is 1.19. The standard InChI is InChI=1S/C23H21ClFNO4S2/c1-28-19-10-14(9-17(24)21(19)30-13-15-5-2-3-7-18(15)25)11-20-22(27)26(23(31)32-20)12-16-6-4-8-29-16/h2-3,5,7,9-11,16H,4,6,8,12-13H2,1H3/b20-11-/t16-/m1/s1. The number of carbonyl (C=O) groups is 1. The molecule has 0 spiro atoms. The summed E-state index contributed by atoms with van der Waals surface area (Å²) in [5.74, 6) is 0.185. The van der Waals surface area contributed by atoms with Crippen LogP contribution in [0.3, 0.4) is 0 Å². The normalized spacial score (nSPS) is 19.8. The molecular formula is C23H21ClFNO4S2. The molecule has 9 heteroatoms. The molecule has 32 heavy (non-hydrogen) atoms. The van der Waals surface area contributed by atoms with Crippen LogP contribution in [0.25, 0.3) is 6.08 Å². The van der Waals surface area contributed by atoms with E-state index in [1.165, 1.54) is 24.9 Å². The minimum Gasteiger partial charge on any atom is -0.493 e. The van der Waals surface area contributed by atoms with Crippen LogP contribution in [0.15, 0.2) is 41.3 Å². The fraction of sp³-hybridized carbons (Fsp3) is 0.304. The molecule has 2 heterocycles. The lowest BCUT2D eigenvalue weighted by Gasteiger charge is -2.18. The number of hydrogen-bond acceptors (Lipinski definition) is 6. The molecule has 2 aliphatic heterocycles. The van der Waals surface area contributed by atoms with Crippen LogP contribution in [0.5, 0.6) is 11.5 Å². The molecule has 1 atom stereocenters. The molecule has 168 valence electrons. The van der Waals surface area contributed by atoms with E-state index in [4.69, 9.17) is 38.0 Å². The van der Waals surface area contributed by atoms with Gasteiger partial charge < -0.3 is 14.2 Å². The number of methoxy groups -OCH3 is 1. The minimum atomic E-state index is -0.357. The second-order valence-corrected chi connectivity index (χ2v) is 9.42. The Hall–Kier alpha value is -2.13. The maximum atomic E-state index is 13.9. The van der Waals surface area contributed by atoms with Gasteiger partial charge in [0.05, 0.1) is 29.7 Å². The molecule has 1 amide bonds. The molecule has 2 aromatic rings. The molecule has 0 bridgehead atoms. The van der Waals surface area contributed by atoms with E-state index >= 15 is 0 Å². The average Bonchev–Trinajstić information content (AvgIpc) is 3.38. The van der Waals surface area contributed by atoms with Crippen molar-refractivity contribution in [2.45, 2.75) is 25.6 Å². The van der Waals surface area contributed by atoms with E-state index in [0.717, 1.165) is 19.4 Å². The second-order valence-electron chi connectivity index (χ2n) is 7.34. The first-order valence-electron chi connectivity index (χ1n) is 10.1. The predicted molar refractivity (Wildman–Crippen MR) is 128 cm³/mol. The van der Waals surface area contributed by atoms with Crippen molar-refractivity contribution in [1.29, 1.82) is 0 Å². The Morgan fingerprint density at radius 3 is 2.91 bits per heavy atom. The molecule has 4 rings (SSSR count). The number of carbonyl (C=O) groups excluding carboxylic acids is 1. The van der Waals surface area contributed by atoms with E-state index in [1.54, 1.807) is 41.3 Å². The van der Waals surface area contributed by atoms with Gasteiger partial charge in [0.15, 0.2) is 11.5 Å². The molecule has 0 unspecified atom stereocenters. The summed E-state index contributed by atoms with van der Waals surface area (Å²) >= 11 is 13.1. The first kappa shape index (κ1) is 23.0. The van der Waals surface area contributed by atoms with Crippen LogP contribution >= 0.6 is 35.6 Å². The fourth-order valence-corrected chi connectivity index (χ4v) is 5.08. The number of thioether (sulfide) groups is 1. The molecule has 2 aromatic carbocycles. The zero-order chi connectivity index (χ0) is 22.7. The largest absolute Gasteiger partial charge is 0.493 e. The molecule has 2 aliphatic rings. The molecular weight excluding hydrogens is 473 g/mol. The number of ether oxygens (including phenoxy) is 3. The van der Waals surface area contributed by atoms with Gasteiger partial charge in [-0.2, -0.15) is 0 Å². The summed E-state index contributed by atoms with van der Waals surface area (Å²) in [6, 6.07) is 9.75. The van der Waals surface area contributed by atoms with Gasteiger partial charge in [-0.1, -0.05) is 53.8 Å². The first-order valence-corrected chi connectivity index (χ1v) is 11.7. The van der Waals surface area contributed by atoms with E-state index in [9.17, 15) is 9.18 Å². The quantitative estimate of drug-likeness (QED) is 0.378. The molecule has 0 aliphatic carbocycles. The minimum absolute atomic E-state index is 0.00396. The molecule has 0 radical (unpaired) electrons. The van der Waals surface area contributed by atoms with Gasteiger partial charge in [-0.15, -0.1) is 0 Å². The lowest BCUT2D eigenvalue weighted by molar-refractivity contribution is -0.123. The maximum Gasteiger partial charge on any atom is 0.266 e. The van der Waals surface area contributed by atoms with Gasteiger partial charge in [0, 0.05) is 12.2 Å². The monoisotopic (exact) mass is 493 g/mol. The predicted octanol–water partition coefficient (Wildman–Crippen LogP) is 5.45. The van der Waals surface area contributed by atoms with Crippen molar-refractivity contribution in [2.75, 3.05) is 20.3 Å². The molecule has 0 aromatic heterocycles. The molecule has 0 N–H and O–H groups in total. The Balaban J connectivity index is 1.52. The van der Waals surface area contributed by atoms with Gasteiger partial charge in [0.1, 0.15) is 16.7 Å². The lowest BCUT2D eigenvalue weighted by Crippen LogP contribution is -2.35. The molecule has 0 saturated carbocycles. The Bertz CT molecular complexity index is 1070. The van der Waals surface area contributed by atoms with Gasteiger partial charge in [0.2, 0.25) is 0 Å². The number of rotatable bonds is 7. The number of thiocarbonyl (C=S) groups is 1. The summed E-state index contributed by atoms with van der Waals surface area (Å²) in [5, 5.41) is 0.293. The highest BCUT2D eigenvalue weighted by Gasteiger charge is 2.34. The Labute approximate surface area is 200 Å². The Kier molecular flexibility index (Phi) is 7.35. The number of amides is 1. The summed E-state index contributed by atoms with van der Waals surface area (Å²) in [5.41, 5.74) is 1.08.